The zero-order valence-corrected chi connectivity index (χ0v) is 14.4. The molecule has 0 saturated heterocycles. The van der Waals surface area contributed by atoms with E-state index in [-0.39, 0.29) is 18.6 Å². The monoisotopic (exact) mass is 374 g/mol. The van der Waals surface area contributed by atoms with E-state index >= 15 is 0 Å². The summed E-state index contributed by atoms with van der Waals surface area (Å²) in [4.78, 5) is 35.0. The minimum atomic E-state index is -1.25. The molecule has 27 heavy (non-hydrogen) atoms. The summed E-state index contributed by atoms with van der Waals surface area (Å²) in [5.41, 5.74) is 5.90. The molecule has 1 atom stereocenters. The van der Waals surface area contributed by atoms with Crippen molar-refractivity contribution in [3.8, 4) is 0 Å². The van der Waals surface area contributed by atoms with E-state index in [0.717, 1.165) is 5.56 Å². The molecule has 0 aliphatic carbocycles. The number of hydrogen-bond donors (Lipinski definition) is 2. The molecule has 0 aromatic heterocycles. The van der Waals surface area contributed by atoms with Crippen molar-refractivity contribution in [2.24, 2.45) is 5.73 Å². The number of amides is 2. The van der Waals surface area contributed by atoms with E-state index in [1.165, 1.54) is 18.2 Å². The summed E-state index contributed by atoms with van der Waals surface area (Å²) < 4.78 is 23.7. The average molecular weight is 374 g/mol. The standard InChI is InChI=1S/C19H19FN2O5/c20-15-9-5-4-8-14(15)10-16(18(24)26-12-17(21)23)22-19(25)27-11-13-6-2-1-3-7-13/h1-9,16H,10-12H2,(H2,21,23)(H,22,25). The Morgan fingerprint density at radius 1 is 1.00 bits per heavy atom. The first-order chi connectivity index (χ1) is 13.0. The van der Waals surface area contributed by atoms with Gasteiger partial charge in [0.05, 0.1) is 0 Å². The molecule has 0 radical (unpaired) electrons. The highest BCUT2D eigenvalue weighted by atomic mass is 19.1. The number of ether oxygens (including phenoxy) is 2. The Kier molecular flexibility index (Phi) is 7.30. The van der Waals surface area contributed by atoms with Crippen LogP contribution in [0.5, 0.6) is 0 Å². The Morgan fingerprint density at radius 2 is 1.67 bits per heavy atom. The lowest BCUT2D eigenvalue weighted by molar-refractivity contribution is -0.149. The van der Waals surface area contributed by atoms with Crippen molar-refractivity contribution in [1.82, 2.24) is 5.32 Å². The molecule has 2 aromatic rings. The van der Waals surface area contributed by atoms with Crippen LogP contribution in [-0.4, -0.2) is 30.6 Å². The number of nitrogens with two attached hydrogens (primary N) is 1. The number of esters is 1. The number of rotatable bonds is 8. The van der Waals surface area contributed by atoms with Gasteiger partial charge in [-0.1, -0.05) is 48.5 Å². The summed E-state index contributed by atoms with van der Waals surface area (Å²) in [7, 11) is 0. The van der Waals surface area contributed by atoms with Crippen LogP contribution in [0.2, 0.25) is 0 Å². The third kappa shape index (κ3) is 6.77. The predicted molar refractivity (Wildman–Crippen MR) is 93.8 cm³/mol. The number of benzene rings is 2. The Morgan fingerprint density at radius 3 is 2.33 bits per heavy atom. The molecule has 0 bridgehead atoms. The SMILES string of the molecule is NC(=O)COC(=O)C(Cc1ccccc1F)NC(=O)OCc1ccccc1. The summed E-state index contributed by atoms with van der Waals surface area (Å²) in [6.45, 7) is -0.650. The zero-order valence-electron chi connectivity index (χ0n) is 14.4. The number of halogens is 1. The third-order valence-electron chi connectivity index (χ3n) is 3.53. The normalized spacial score (nSPS) is 11.3. The molecule has 0 fully saturated rings. The van der Waals surface area contributed by atoms with Gasteiger partial charge in [-0.3, -0.25) is 4.79 Å². The van der Waals surface area contributed by atoms with Crippen LogP contribution in [0, 0.1) is 5.82 Å². The highest BCUT2D eigenvalue weighted by Crippen LogP contribution is 2.11. The molecule has 8 heteroatoms. The minimum absolute atomic E-state index is 0.00454. The average Bonchev–Trinajstić information content (AvgIpc) is 2.66. The predicted octanol–water partition coefficient (Wildman–Crippen LogP) is 1.69. The van der Waals surface area contributed by atoms with Gasteiger partial charge in [-0.25, -0.2) is 14.0 Å². The van der Waals surface area contributed by atoms with Gasteiger partial charge in [-0.2, -0.15) is 0 Å². The van der Waals surface area contributed by atoms with Gasteiger partial charge in [0.15, 0.2) is 6.61 Å². The Labute approximate surface area is 155 Å². The summed E-state index contributed by atoms with van der Waals surface area (Å²) in [5.74, 6) is -2.31. The zero-order chi connectivity index (χ0) is 19.6. The second-order valence-electron chi connectivity index (χ2n) is 5.63. The topological polar surface area (TPSA) is 108 Å². The van der Waals surface area contributed by atoms with Crippen molar-refractivity contribution in [3.63, 3.8) is 0 Å². The Balaban J connectivity index is 2.01. The molecule has 0 heterocycles. The number of carbonyl (C=O) groups excluding carboxylic acids is 3. The first kappa shape index (κ1) is 19.9. The fraction of sp³-hybridized carbons (Fsp3) is 0.211. The largest absolute Gasteiger partial charge is 0.454 e. The molecule has 2 amide bonds. The van der Waals surface area contributed by atoms with E-state index < -0.39 is 36.4 Å². The lowest BCUT2D eigenvalue weighted by Crippen LogP contribution is -2.44. The van der Waals surface area contributed by atoms with Gasteiger partial charge in [0.25, 0.3) is 5.91 Å². The van der Waals surface area contributed by atoms with Crippen LogP contribution in [0.4, 0.5) is 9.18 Å². The quantitative estimate of drug-likeness (QED) is 0.684. The van der Waals surface area contributed by atoms with Crippen molar-refractivity contribution in [2.75, 3.05) is 6.61 Å². The maximum absolute atomic E-state index is 13.9. The highest BCUT2D eigenvalue weighted by molar-refractivity contribution is 5.84. The van der Waals surface area contributed by atoms with Crippen LogP contribution >= 0.6 is 0 Å². The Hall–Kier alpha value is -3.42. The fourth-order valence-electron chi connectivity index (χ4n) is 2.23. The number of primary amides is 1. The molecular weight excluding hydrogens is 355 g/mol. The van der Waals surface area contributed by atoms with Gasteiger partial charge in [-0.15, -0.1) is 0 Å². The van der Waals surface area contributed by atoms with Crippen molar-refractivity contribution >= 4 is 18.0 Å². The molecule has 0 saturated carbocycles. The van der Waals surface area contributed by atoms with Crippen LogP contribution in [0.15, 0.2) is 54.6 Å². The smallest absolute Gasteiger partial charge is 0.408 e. The number of hydrogen-bond acceptors (Lipinski definition) is 5. The molecule has 3 N–H and O–H groups in total. The van der Waals surface area contributed by atoms with Gasteiger partial charge >= 0.3 is 12.1 Å². The fourth-order valence-corrected chi connectivity index (χ4v) is 2.23. The van der Waals surface area contributed by atoms with Crippen molar-refractivity contribution in [2.45, 2.75) is 19.1 Å². The summed E-state index contributed by atoms with van der Waals surface area (Å²) >= 11 is 0. The second-order valence-corrected chi connectivity index (χ2v) is 5.63. The van der Waals surface area contributed by atoms with Gasteiger partial charge in [-0.05, 0) is 17.2 Å². The molecule has 142 valence electrons. The van der Waals surface area contributed by atoms with Gasteiger partial charge < -0.3 is 20.5 Å². The van der Waals surface area contributed by atoms with Crippen LogP contribution in [0.1, 0.15) is 11.1 Å². The second kappa shape index (κ2) is 9.91. The van der Waals surface area contributed by atoms with E-state index in [2.05, 4.69) is 5.32 Å². The highest BCUT2D eigenvalue weighted by Gasteiger charge is 2.25. The molecule has 0 aliphatic rings. The number of alkyl carbamates (subject to hydrolysis) is 1. The molecule has 2 rings (SSSR count). The van der Waals surface area contributed by atoms with Crippen LogP contribution in [-0.2, 0) is 32.1 Å². The van der Waals surface area contributed by atoms with Crippen LogP contribution < -0.4 is 11.1 Å². The van der Waals surface area contributed by atoms with E-state index in [0.29, 0.717) is 0 Å². The summed E-state index contributed by atoms with van der Waals surface area (Å²) in [6.07, 6.45) is -1.05. The summed E-state index contributed by atoms with van der Waals surface area (Å²) in [5, 5.41) is 2.33. The molecule has 0 spiro atoms. The lowest BCUT2D eigenvalue weighted by atomic mass is 10.1. The van der Waals surface area contributed by atoms with E-state index in [1.54, 1.807) is 30.3 Å². The van der Waals surface area contributed by atoms with Gasteiger partial charge in [0.1, 0.15) is 18.5 Å². The van der Waals surface area contributed by atoms with Crippen LogP contribution in [0.25, 0.3) is 0 Å². The molecule has 1 unspecified atom stereocenters. The first-order valence-electron chi connectivity index (χ1n) is 8.11. The Bertz CT molecular complexity index is 798. The maximum Gasteiger partial charge on any atom is 0.408 e. The lowest BCUT2D eigenvalue weighted by Gasteiger charge is -2.17. The molecule has 7 nitrogen and oxygen atoms in total. The van der Waals surface area contributed by atoms with E-state index in [4.69, 9.17) is 15.2 Å². The van der Waals surface area contributed by atoms with Crippen LogP contribution in [0.3, 0.4) is 0 Å². The van der Waals surface area contributed by atoms with Gasteiger partial charge in [0, 0.05) is 6.42 Å². The minimum Gasteiger partial charge on any atom is -0.454 e. The number of carbonyl (C=O) groups is 3. The molecule has 2 aromatic carbocycles. The summed E-state index contributed by atoms with van der Waals surface area (Å²) in [6, 6.07) is 13.5. The van der Waals surface area contributed by atoms with Crippen molar-refractivity contribution in [3.05, 3.63) is 71.5 Å². The van der Waals surface area contributed by atoms with Crippen molar-refractivity contribution < 1.29 is 28.2 Å². The van der Waals surface area contributed by atoms with Crippen molar-refractivity contribution in [1.29, 1.82) is 0 Å². The van der Waals surface area contributed by atoms with Gasteiger partial charge in [0.2, 0.25) is 0 Å². The maximum atomic E-state index is 13.9. The third-order valence-corrected chi connectivity index (χ3v) is 3.53. The molecular formula is C19H19FN2O5. The van der Waals surface area contributed by atoms with E-state index in [9.17, 15) is 18.8 Å². The van der Waals surface area contributed by atoms with E-state index in [1.807, 2.05) is 6.07 Å². The first-order valence-corrected chi connectivity index (χ1v) is 8.11. The molecule has 0 aliphatic heterocycles. The number of nitrogens with one attached hydrogen (secondary N) is 1.